The van der Waals surface area contributed by atoms with E-state index in [0.717, 1.165) is 19.4 Å². The minimum Gasteiger partial charge on any atom is -0.378 e. The van der Waals surface area contributed by atoms with Crippen molar-refractivity contribution >= 4 is 11.9 Å². The van der Waals surface area contributed by atoms with Crippen molar-refractivity contribution in [1.82, 2.24) is 15.5 Å². The molecule has 1 rings (SSSR count). The lowest BCUT2D eigenvalue weighted by Gasteiger charge is -2.33. The Kier molecular flexibility index (Phi) is 7.65. The molecule has 1 saturated heterocycles. The van der Waals surface area contributed by atoms with Crippen molar-refractivity contribution in [2.45, 2.75) is 58.7 Å². The maximum absolute atomic E-state index is 11.7. The Bertz CT molecular complexity index is 380. The molecule has 0 bridgehead atoms. The fourth-order valence-electron chi connectivity index (χ4n) is 2.31. The van der Waals surface area contributed by atoms with Crippen LogP contribution in [-0.4, -0.2) is 62.2 Å². The van der Waals surface area contributed by atoms with Crippen LogP contribution in [0.1, 0.15) is 40.5 Å². The number of aliphatic imine (C=N–C) groups is 1. The number of carbonyl (C=O) groups is 1. The van der Waals surface area contributed by atoms with Gasteiger partial charge in [0.2, 0.25) is 5.91 Å². The number of nitrogens with one attached hydrogen (secondary N) is 2. The van der Waals surface area contributed by atoms with Gasteiger partial charge in [-0.3, -0.25) is 4.79 Å². The van der Waals surface area contributed by atoms with E-state index in [-0.39, 0.29) is 24.6 Å². The number of ether oxygens (including phenoxy) is 1. The third kappa shape index (κ3) is 6.64. The van der Waals surface area contributed by atoms with Crippen molar-refractivity contribution in [2.24, 2.45) is 10.9 Å². The molecule has 1 aliphatic heterocycles. The summed E-state index contributed by atoms with van der Waals surface area (Å²) in [6.45, 7) is 9.42. The van der Waals surface area contributed by atoms with E-state index in [4.69, 9.17) is 4.74 Å². The molecular formula is C16H32N4O2. The van der Waals surface area contributed by atoms with Crippen LogP contribution in [0.25, 0.3) is 0 Å². The average Bonchev–Trinajstić information content (AvgIpc) is 2.43. The minimum atomic E-state index is -0.00288. The zero-order valence-electron chi connectivity index (χ0n) is 14.8. The van der Waals surface area contributed by atoms with E-state index >= 15 is 0 Å². The second-order valence-electron chi connectivity index (χ2n) is 6.77. The lowest BCUT2D eigenvalue weighted by molar-refractivity contribution is -0.127. The second-order valence-corrected chi connectivity index (χ2v) is 6.77. The first-order valence-corrected chi connectivity index (χ1v) is 8.18. The molecule has 0 aromatic carbocycles. The molecule has 0 aromatic heterocycles. The molecular weight excluding hydrogens is 280 g/mol. The molecule has 1 aliphatic rings. The highest BCUT2D eigenvalue weighted by molar-refractivity contribution is 5.85. The Morgan fingerprint density at radius 1 is 1.32 bits per heavy atom. The number of guanidine groups is 1. The first-order chi connectivity index (χ1) is 10.3. The zero-order chi connectivity index (χ0) is 16.7. The number of carbonyl (C=O) groups excluding carboxylic acids is 1. The topological polar surface area (TPSA) is 66.0 Å². The summed E-state index contributed by atoms with van der Waals surface area (Å²) in [5, 5.41) is 6.75. The number of nitrogens with zero attached hydrogens (tertiary/aromatic N) is 2. The average molecular weight is 312 g/mol. The Hall–Kier alpha value is -1.30. The van der Waals surface area contributed by atoms with E-state index in [0.29, 0.717) is 17.9 Å². The van der Waals surface area contributed by atoms with Crippen LogP contribution >= 0.6 is 0 Å². The molecule has 128 valence electrons. The molecule has 0 radical (unpaired) electrons. The molecule has 1 heterocycles. The lowest BCUT2D eigenvalue weighted by Crippen LogP contribution is -2.50. The van der Waals surface area contributed by atoms with Crippen molar-refractivity contribution in [3.63, 3.8) is 0 Å². The maximum atomic E-state index is 11.7. The number of likely N-dealkylation sites (N-methyl/N-ethyl adjacent to an activating group) is 1. The largest absolute Gasteiger partial charge is 0.378 e. The monoisotopic (exact) mass is 312 g/mol. The predicted molar refractivity (Wildman–Crippen MR) is 90.0 cm³/mol. The standard InChI is InChI=1S/C16H32N4O2/c1-11(2)14-9-13(7-8-22-14)19-16(18-12(3)4)17-10-15(21)20(5)6/h11-14H,7-10H2,1-6H3,(H2,17,18,19). The molecule has 2 N–H and O–H groups in total. The second kappa shape index (κ2) is 8.98. The van der Waals surface area contributed by atoms with Crippen LogP contribution in [0, 0.1) is 5.92 Å². The molecule has 0 aliphatic carbocycles. The van der Waals surface area contributed by atoms with Gasteiger partial charge in [0, 0.05) is 32.8 Å². The van der Waals surface area contributed by atoms with Crippen molar-refractivity contribution in [1.29, 1.82) is 0 Å². The van der Waals surface area contributed by atoms with Gasteiger partial charge in [-0.05, 0) is 32.6 Å². The number of amides is 1. The summed E-state index contributed by atoms with van der Waals surface area (Å²) in [4.78, 5) is 17.7. The third-order valence-electron chi connectivity index (χ3n) is 3.70. The van der Waals surface area contributed by atoms with E-state index in [1.807, 2.05) is 0 Å². The van der Waals surface area contributed by atoms with Gasteiger partial charge in [-0.15, -0.1) is 0 Å². The van der Waals surface area contributed by atoms with Gasteiger partial charge in [0.25, 0.3) is 0 Å². The number of rotatable bonds is 5. The van der Waals surface area contributed by atoms with Gasteiger partial charge >= 0.3 is 0 Å². The van der Waals surface area contributed by atoms with Gasteiger partial charge in [-0.1, -0.05) is 13.8 Å². The van der Waals surface area contributed by atoms with E-state index in [1.54, 1.807) is 19.0 Å². The van der Waals surface area contributed by atoms with Crippen LogP contribution in [0.15, 0.2) is 4.99 Å². The molecule has 6 heteroatoms. The minimum absolute atomic E-state index is 0.00288. The highest BCUT2D eigenvalue weighted by Gasteiger charge is 2.25. The molecule has 6 nitrogen and oxygen atoms in total. The summed E-state index contributed by atoms with van der Waals surface area (Å²) in [6.07, 6.45) is 2.22. The highest BCUT2D eigenvalue weighted by atomic mass is 16.5. The Morgan fingerprint density at radius 2 is 2.00 bits per heavy atom. The Balaban J connectivity index is 2.64. The van der Waals surface area contributed by atoms with E-state index in [2.05, 4.69) is 43.3 Å². The van der Waals surface area contributed by atoms with Gasteiger partial charge in [-0.2, -0.15) is 0 Å². The van der Waals surface area contributed by atoms with Crippen molar-refractivity contribution < 1.29 is 9.53 Å². The first kappa shape index (κ1) is 18.7. The predicted octanol–water partition coefficient (Wildman–Crippen LogP) is 1.22. The molecule has 1 fully saturated rings. The third-order valence-corrected chi connectivity index (χ3v) is 3.70. The Morgan fingerprint density at radius 3 is 2.55 bits per heavy atom. The molecule has 2 atom stereocenters. The number of hydrogen-bond acceptors (Lipinski definition) is 3. The fourth-order valence-corrected chi connectivity index (χ4v) is 2.31. The van der Waals surface area contributed by atoms with Crippen LogP contribution in [0.3, 0.4) is 0 Å². The van der Waals surface area contributed by atoms with Crippen molar-refractivity contribution in [3.8, 4) is 0 Å². The van der Waals surface area contributed by atoms with Crippen LogP contribution in [0.2, 0.25) is 0 Å². The summed E-state index contributed by atoms with van der Waals surface area (Å²) < 4.78 is 5.80. The van der Waals surface area contributed by atoms with E-state index in [1.165, 1.54) is 0 Å². The summed E-state index contributed by atoms with van der Waals surface area (Å²) in [5.74, 6) is 1.22. The zero-order valence-corrected chi connectivity index (χ0v) is 14.8. The van der Waals surface area contributed by atoms with E-state index < -0.39 is 0 Å². The molecule has 0 spiro atoms. The first-order valence-electron chi connectivity index (χ1n) is 8.18. The van der Waals surface area contributed by atoms with E-state index in [9.17, 15) is 4.79 Å². The molecule has 22 heavy (non-hydrogen) atoms. The smallest absolute Gasteiger partial charge is 0.243 e. The lowest BCUT2D eigenvalue weighted by atomic mass is 9.95. The van der Waals surface area contributed by atoms with Crippen LogP contribution in [0.5, 0.6) is 0 Å². The molecule has 2 unspecified atom stereocenters. The SMILES string of the molecule is CC(C)NC(=NCC(=O)N(C)C)NC1CCOC(C(C)C)C1. The van der Waals surface area contributed by atoms with Gasteiger partial charge < -0.3 is 20.3 Å². The van der Waals surface area contributed by atoms with Crippen molar-refractivity contribution in [2.75, 3.05) is 27.2 Å². The van der Waals surface area contributed by atoms with Gasteiger partial charge in [0.05, 0.1) is 6.10 Å². The maximum Gasteiger partial charge on any atom is 0.243 e. The van der Waals surface area contributed by atoms with Gasteiger partial charge in [0.15, 0.2) is 5.96 Å². The number of hydrogen-bond donors (Lipinski definition) is 2. The molecule has 0 aromatic rings. The fraction of sp³-hybridized carbons (Fsp3) is 0.875. The van der Waals surface area contributed by atoms with Crippen LogP contribution in [0.4, 0.5) is 0 Å². The van der Waals surface area contributed by atoms with Crippen LogP contribution in [-0.2, 0) is 9.53 Å². The molecule has 0 saturated carbocycles. The van der Waals surface area contributed by atoms with Gasteiger partial charge in [-0.25, -0.2) is 4.99 Å². The summed E-state index contributed by atoms with van der Waals surface area (Å²) >= 11 is 0. The summed E-state index contributed by atoms with van der Waals surface area (Å²) in [5.41, 5.74) is 0. The summed E-state index contributed by atoms with van der Waals surface area (Å²) in [6, 6.07) is 0.599. The summed E-state index contributed by atoms with van der Waals surface area (Å²) in [7, 11) is 3.49. The van der Waals surface area contributed by atoms with Crippen molar-refractivity contribution in [3.05, 3.63) is 0 Å². The highest BCUT2D eigenvalue weighted by Crippen LogP contribution is 2.20. The van der Waals surface area contributed by atoms with Crippen LogP contribution < -0.4 is 10.6 Å². The van der Waals surface area contributed by atoms with Gasteiger partial charge in [0.1, 0.15) is 6.54 Å². The molecule has 1 amide bonds. The Labute approximate surface area is 134 Å². The normalized spacial score (nSPS) is 22.8. The quantitative estimate of drug-likeness (QED) is 0.592.